The number of amides is 1. The SMILES string of the molecule is CC(C)(C)C(=O)N1C=COC1C(C)(C)C. The molecule has 0 aromatic heterocycles. The summed E-state index contributed by atoms with van der Waals surface area (Å²) in [6.45, 7) is 11.9. The maximum atomic E-state index is 12.1. The van der Waals surface area contributed by atoms with E-state index in [0.717, 1.165) is 0 Å². The smallest absolute Gasteiger partial charge is 0.234 e. The Kier molecular flexibility index (Phi) is 2.85. The Morgan fingerprint density at radius 2 is 1.73 bits per heavy atom. The van der Waals surface area contributed by atoms with Gasteiger partial charge in [-0.2, -0.15) is 0 Å². The average molecular weight is 211 g/mol. The molecule has 1 aliphatic heterocycles. The molecule has 0 saturated carbocycles. The van der Waals surface area contributed by atoms with E-state index >= 15 is 0 Å². The van der Waals surface area contributed by atoms with Crippen LogP contribution in [0.3, 0.4) is 0 Å². The summed E-state index contributed by atoms with van der Waals surface area (Å²) in [6.07, 6.45) is 3.13. The Morgan fingerprint density at radius 1 is 1.20 bits per heavy atom. The highest BCUT2D eigenvalue weighted by Crippen LogP contribution is 2.32. The van der Waals surface area contributed by atoms with Crippen molar-refractivity contribution in [3.05, 3.63) is 12.5 Å². The lowest BCUT2D eigenvalue weighted by molar-refractivity contribution is -0.148. The zero-order valence-corrected chi connectivity index (χ0v) is 10.5. The first kappa shape index (κ1) is 12.1. The van der Waals surface area contributed by atoms with E-state index in [1.807, 2.05) is 20.8 Å². The summed E-state index contributed by atoms with van der Waals surface area (Å²) in [4.78, 5) is 13.8. The van der Waals surface area contributed by atoms with E-state index in [0.29, 0.717) is 0 Å². The number of carbonyl (C=O) groups is 1. The van der Waals surface area contributed by atoms with Crippen molar-refractivity contribution < 1.29 is 9.53 Å². The minimum absolute atomic E-state index is 0.0790. The second kappa shape index (κ2) is 3.54. The topological polar surface area (TPSA) is 29.5 Å². The Bertz CT molecular complexity index is 281. The van der Waals surface area contributed by atoms with Gasteiger partial charge in [-0.3, -0.25) is 9.69 Å². The van der Waals surface area contributed by atoms with Gasteiger partial charge in [0.25, 0.3) is 0 Å². The highest BCUT2D eigenvalue weighted by Gasteiger charge is 2.39. The first-order valence-electron chi connectivity index (χ1n) is 5.29. The van der Waals surface area contributed by atoms with E-state index in [9.17, 15) is 4.79 Å². The number of hydrogen-bond donors (Lipinski definition) is 0. The highest BCUT2D eigenvalue weighted by atomic mass is 16.5. The highest BCUT2D eigenvalue weighted by molar-refractivity contribution is 5.82. The first-order chi connectivity index (χ1) is 6.64. The normalized spacial score (nSPS) is 21.7. The predicted octanol–water partition coefficient (Wildman–Crippen LogP) is 2.73. The number of nitrogens with zero attached hydrogens (tertiary/aromatic N) is 1. The summed E-state index contributed by atoms with van der Waals surface area (Å²) >= 11 is 0. The van der Waals surface area contributed by atoms with Crippen LogP contribution >= 0.6 is 0 Å². The fourth-order valence-corrected chi connectivity index (χ4v) is 1.50. The number of rotatable bonds is 0. The Balaban J connectivity index is 2.87. The van der Waals surface area contributed by atoms with Crippen LogP contribution in [0.4, 0.5) is 0 Å². The van der Waals surface area contributed by atoms with Crippen molar-refractivity contribution in [2.24, 2.45) is 10.8 Å². The molecule has 1 rings (SSSR count). The lowest BCUT2D eigenvalue weighted by atomic mass is 9.90. The molecule has 0 radical (unpaired) electrons. The average Bonchev–Trinajstić information content (AvgIpc) is 2.47. The molecule has 1 aliphatic rings. The van der Waals surface area contributed by atoms with Crippen molar-refractivity contribution >= 4 is 5.91 Å². The van der Waals surface area contributed by atoms with Crippen LogP contribution in [0.5, 0.6) is 0 Å². The van der Waals surface area contributed by atoms with Crippen molar-refractivity contribution in [1.29, 1.82) is 0 Å². The lowest BCUT2D eigenvalue weighted by Gasteiger charge is -2.35. The molecule has 0 fully saturated rings. The van der Waals surface area contributed by atoms with E-state index in [2.05, 4.69) is 20.8 Å². The Morgan fingerprint density at radius 3 is 2.13 bits per heavy atom. The predicted molar refractivity (Wildman–Crippen MR) is 59.8 cm³/mol. The van der Waals surface area contributed by atoms with Crippen molar-refractivity contribution in [2.75, 3.05) is 0 Å². The molecule has 1 unspecified atom stereocenters. The summed E-state index contributed by atoms with van der Waals surface area (Å²) < 4.78 is 5.47. The molecular formula is C12H21NO2. The van der Waals surface area contributed by atoms with Crippen LogP contribution in [0, 0.1) is 10.8 Å². The number of carbonyl (C=O) groups excluding carboxylic acids is 1. The summed E-state index contributed by atoms with van der Waals surface area (Å²) in [5.41, 5.74) is -0.452. The van der Waals surface area contributed by atoms with Gasteiger partial charge in [-0.15, -0.1) is 0 Å². The minimum atomic E-state index is -0.373. The van der Waals surface area contributed by atoms with Crippen molar-refractivity contribution in [3.63, 3.8) is 0 Å². The van der Waals surface area contributed by atoms with Gasteiger partial charge in [0.1, 0.15) is 6.26 Å². The second-order valence-corrected chi connectivity index (χ2v) is 6.10. The minimum Gasteiger partial charge on any atom is -0.476 e. The fraction of sp³-hybridized carbons (Fsp3) is 0.750. The lowest BCUT2D eigenvalue weighted by Crippen LogP contribution is -2.46. The van der Waals surface area contributed by atoms with Crippen molar-refractivity contribution in [2.45, 2.75) is 47.8 Å². The Labute approximate surface area is 92.1 Å². The van der Waals surface area contributed by atoms with Crippen LogP contribution in [0.2, 0.25) is 0 Å². The third-order valence-corrected chi connectivity index (χ3v) is 2.30. The van der Waals surface area contributed by atoms with E-state index < -0.39 is 0 Å². The van der Waals surface area contributed by atoms with Gasteiger partial charge in [0.15, 0.2) is 6.23 Å². The maximum absolute atomic E-state index is 12.1. The molecule has 1 amide bonds. The van der Waals surface area contributed by atoms with E-state index in [4.69, 9.17) is 4.74 Å². The maximum Gasteiger partial charge on any atom is 0.234 e. The van der Waals surface area contributed by atoms with E-state index in [-0.39, 0.29) is 23.0 Å². The molecule has 15 heavy (non-hydrogen) atoms. The van der Waals surface area contributed by atoms with Crippen molar-refractivity contribution in [1.82, 2.24) is 4.90 Å². The van der Waals surface area contributed by atoms with Gasteiger partial charge in [-0.05, 0) is 0 Å². The molecule has 1 heterocycles. The quantitative estimate of drug-likeness (QED) is 0.616. The van der Waals surface area contributed by atoms with Crippen molar-refractivity contribution in [3.8, 4) is 0 Å². The van der Waals surface area contributed by atoms with Crippen LogP contribution in [-0.2, 0) is 9.53 Å². The molecule has 3 nitrogen and oxygen atoms in total. The molecule has 0 saturated heterocycles. The van der Waals surface area contributed by atoms with Gasteiger partial charge in [-0.1, -0.05) is 41.5 Å². The second-order valence-electron chi connectivity index (χ2n) is 6.10. The molecule has 0 bridgehead atoms. The van der Waals surface area contributed by atoms with E-state index in [1.165, 1.54) is 0 Å². The van der Waals surface area contributed by atoms with Gasteiger partial charge >= 0.3 is 0 Å². The van der Waals surface area contributed by atoms with Crippen LogP contribution < -0.4 is 0 Å². The standard InChI is InChI=1S/C12H21NO2/c1-11(2,3)9(14)13-7-8-15-10(13)12(4,5)6/h7-8,10H,1-6H3. The zero-order chi connectivity index (χ0) is 11.9. The third-order valence-electron chi connectivity index (χ3n) is 2.30. The van der Waals surface area contributed by atoms with Gasteiger partial charge in [0.05, 0.1) is 0 Å². The Hall–Kier alpha value is -0.990. The van der Waals surface area contributed by atoms with Crippen LogP contribution in [-0.4, -0.2) is 17.0 Å². The molecule has 1 atom stereocenters. The summed E-state index contributed by atoms with van der Waals surface area (Å²) in [5.74, 6) is 0.0937. The fourth-order valence-electron chi connectivity index (χ4n) is 1.50. The first-order valence-corrected chi connectivity index (χ1v) is 5.29. The summed E-state index contributed by atoms with van der Waals surface area (Å²) in [7, 11) is 0. The van der Waals surface area contributed by atoms with Crippen LogP contribution in [0.15, 0.2) is 12.5 Å². The van der Waals surface area contributed by atoms with Gasteiger partial charge in [-0.25, -0.2) is 0 Å². The van der Waals surface area contributed by atoms with Gasteiger partial charge in [0.2, 0.25) is 5.91 Å². The number of hydrogen-bond acceptors (Lipinski definition) is 2. The molecule has 0 N–H and O–H groups in total. The molecule has 0 aromatic rings. The largest absolute Gasteiger partial charge is 0.476 e. The zero-order valence-electron chi connectivity index (χ0n) is 10.5. The van der Waals surface area contributed by atoms with Gasteiger partial charge < -0.3 is 4.74 Å². The molecule has 3 heteroatoms. The molecule has 0 aromatic carbocycles. The van der Waals surface area contributed by atoms with E-state index in [1.54, 1.807) is 17.4 Å². The monoisotopic (exact) mass is 211 g/mol. The molecule has 0 spiro atoms. The van der Waals surface area contributed by atoms with Crippen LogP contribution in [0.25, 0.3) is 0 Å². The molecule has 0 aliphatic carbocycles. The van der Waals surface area contributed by atoms with Gasteiger partial charge in [0, 0.05) is 17.0 Å². The third kappa shape index (κ3) is 2.52. The summed E-state index contributed by atoms with van der Waals surface area (Å²) in [6, 6.07) is 0. The molecular weight excluding hydrogens is 190 g/mol. The summed E-state index contributed by atoms with van der Waals surface area (Å²) in [5, 5.41) is 0. The van der Waals surface area contributed by atoms with Crippen LogP contribution in [0.1, 0.15) is 41.5 Å². The number of ether oxygens (including phenoxy) is 1. The molecule has 86 valence electrons.